The van der Waals surface area contributed by atoms with Gasteiger partial charge in [0.05, 0.1) is 11.4 Å². The van der Waals surface area contributed by atoms with E-state index in [0.717, 1.165) is 0 Å². The van der Waals surface area contributed by atoms with Crippen LogP contribution in [0.25, 0.3) is 0 Å². The Morgan fingerprint density at radius 2 is 1.14 bits per heavy atom. The largest absolute Gasteiger partial charge is 0.463 e. The minimum atomic E-state index is -1.33. The van der Waals surface area contributed by atoms with Gasteiger partial charge >= 0.3 is 23.9 Å². The van der Waals surface area contributed by atoms with Gasteiger partial charge in [-0.15, -0.1) is 0 Å². The summed E-state index contributed by atoms with van der Waals surface area (Å²) in [5, 5.41) is 8.39. The Bertz CT molecular complexity index is 1220. The lowest BCUT2D eigenvalue weighted by Crippen LogP contribution is -2.63. The number of rotatable bonds is 13. The molecule has 0 unspecified atom stereocenters. The maximum Gasteiger partial charge on any atom is 0.306 e. The van der Waals surface area contributed by atoms with Crippen LogP contribution in [0.3, 0.4) is 0 Å². The molecule has 3 rings (SSSR count). The van der Waals surface area contributed by atoms with Gasteiger partial charge in [-0.05, 0) is 36.4 Å². The Labute approximate surface area is 244 Å². The number of hydrogen-bond donors (Lipinski definition) is 0. The van der Waals surface area contributed by atoms with Crippen molar-refractivity contribution in [1.82, 2.24) is 0 Å². The molecular weight excluding hydrogens is 548 g/mol. The molecule has 1 fully saturated rings. The highest BCUT2D eigenvalue weighted by molar-refractivity contribution is 5.71. The first-order valence-corrected chi connectivity index (χ1v) is 13.9. The zero-order chi connectivity index (χ0) is 30.5. The molecule has 5 atom stereocenters. The average Bonchev–Trinajstić information content (AvgIpc) is 3.02. The van der Waals surface area contributed by atoms with E-state index in [9.17, 15) is 19.2 Å². The molecule has 2 aromatic rings. The Morgan fingerprint density at radius 1 is 0.643 bits per heavy atom. The maximum atomic E-state index is 12.5. The van der Waals surface area contributed by atoms with Crippen LogP contribution >= 0.6 is 0 Å². The number of nitrogens with zero attached hydrogens (tertiary/aromatic N) is 2. The van der Waals surface area contributed by atoms with Gasteiger partial charge in [0.15, 0.2) is 12.2 Å². The second-order valence-corrected chi connectivity index (χ2v) is 9.15. The fraction of sp³-hybridized carbons (Fsp3) is 0.467. The fourth-order valence-electron chi connectivity index (χ4n) is 3.83. The summed E-state index contributed by atoms with van der Waals surface area (Å²) < 4.78 is 34.4. The maximum absolute atomic E-state index is 12.5. The Hall–Kier alpha value is -4.32. The van der Waals surface area contributed by atoms with Gasteiger partial charge < -0.3 is 28.4 Å². The van der Waals surface area contributed by atoms with Gasteiger partial charge in [0.2, 0.25) is 12.4 Å². The van der Waals surface area contributed by atoms with E-state index in [1.54, 1.807) is 52.0 Å². The first kappa shape index (κ1) is 32.2. The highest BCUT2D eigenvalue weighted by atomic mass is 16.7. The van der Waals surface area contributed by atoms with Crippen LogP contribution in [0.5, 0.6) is 5.75 Å². The quantitative estimate of drug-likeness (QED) is 0.176. The summed E-state index contributed by atoms with van der Waals surface area (Å²) >= 11 is 0. The first-order valence-electron chi connectivity index (χ1n) is 13.9. The summed E-state index contributed by atoms with van der Waals surface area (Å²) in [6.07, 6.45) is -6.20. The van der Waals surface area contributed by atoms with Crippen molar-refractivity contribution in [3.05, 3.63) is 54.6 Å². The first-order chi connectivity index (χ1) is 20.3. The number of hydrogen-bond acceptors (Lipinski definition) is 12. The summed E-state index contributed by atoms with van der Waals surface area (Å²) in [6, 6.07) is 15.8. The minimum absolute atomic E-state index is 0.000251. The van der Waals surface area contributed by atoms with E-state index in [2.05, 4.69) is 10.2 Å². The van der Waals surface area contributed by atoms with Crippen LogP contribution in [-0.4, -0.2) is 61.2 Å². The van der Waals surface area contributed by atoms with Crippen LogP contribution in [0.15, 0.2) is 64.8 Å². The number of carbonyl (C=O) groups is 4. The predicted octanol–water partition coefficient (Wildman–Crippen LogP) is 5.12. The van der Waals surface area contributed by atoms with E-state index in [0.29, 0.717) is 17.1 Å². The van der Waals surface area contributed by atoms with E-state index in [-0.39, 0.29) is 32.3 Å². The number of ether oxygens (including phenoxy) is 6. The molecule has 1 aliphatic rings. The zero-order valence-electron chi connectivity index (χ0n) is 24.1. The molecule has 0 spiro atoms. The summed E-state index contributed by atoms with van der Waals surface area (Å²) in [7, 11) is 0. The van der Waals surface area contributed by atoms with E-state index in [1.807, 2.05) is 30.3 Å². The van der Waals surface area contributed by atoms with Crippen molar-refractivity contribution < 1.29 is 47.6 Å². The second kappa shape index (κ2) is 16.2. The van der Waals surface area contributed by atoms with Crippen molar-refractivity contribution in [2.45, 2.75) is 84.1 Å². The van der Waals surface area contributed by atoms with Gasteiger partial charge in [0.25, 0.3) is 0 Å². The Kier molecular flexibility index (Phi) is 12.4. The van der Waals surface area contributed by atoms with E-state index >= 15 is 0 Å². The minimum Gasteiger partial charge on any atom is -0.463 e. The number of carbonyl (C=O) groups excluding carboxylic acids is 4. The smallest absolute Gasteiger partial charge is 0.306 e. The Morgan fingerprint density at radius 3 is 1.69 bits per heavy atom. The second-order valence-electron chi connectivity index (χ2n) is 9.15. The average molecular weight is 585 g/mol. The molecule has 12 nitrogen and oxygen atoms in total. The Balaban J connectivity index is 1.93. The molecule has 0 aromatic heterocycles. The van der Waals surface area contributed by atoms with Crippen molar-refractivity contribution in [2.75, 3.05) is 6.61 Å². The van der Waals surface area contributed by atoms with Crippen LogP contribution in [0.4, 0.5) is 11.4 Å². The van der Waals surface area contributed by atoms with Crippen LogP contribution in [-0.2, 0) is 42.9 Å². The molecule has 1 heterocycles. The molecule has 226 valence electrons. The molecule has 42 heavy (non-hydrogen) atoms. The van der Waals surface area contributed by atoms with Crippen molar-refractivity contribution in [2.24, 2.45) is 10.2 Å². The number of esters is 4. The third-order valence-electron chi connectivity index (χ3n) is 6.08. The standard InChI is InChI=1S/C30H36N2O10/c1-5-23(33)37-18-22-27(40-24(34)6-2)28(41-25(35)7-3)29(42-26(36)8-4)30(39-22)38-21-16-14-20(15-17-21)32-31-19-12-10-9-11-13-19/h9-17,22,27-30H,5-8,18H2,1-4H3/t22-,27+,28+,29+,30-/m1/s1. The van der Waals surface area contributed by atoms with Crippen LogP contribution < -0.4 is 4.74 Å². The molecule has 0 bridgehead atoms. The van der Waals surface area contributed by atoms with Crippen molar-refractivity contribution in [3.63, 3.8) is 0 Å². The fourth-order valence-corrected chi connectivity index (χ4v) is 3.83. The monoisotopic (exact) mass is 584 g/mol. The summed E-state index contributed by atoms with van der Waals surface area (Å²) in [5.74, 6) is -2.08. The van der Waals surface area contributed by atoms with Crippen molar-refractivity contribution in [1.29, 1.82) is 0 Å². The highest BCUT2D eigenvalue weighted by Gasteiger charge is 2.53. The predicted molar refractivity (Wildman–Crippen MR) is 148 cm³/mol. The summed E-state index contributed by atoms with van der Waals surface area (Å²) in [5.41, 5.74) is 1.24. The molecule has 0 radical (unpaired) electrons. The topological polar surface area (TPSA) is 148 Å². The number of benzene rings is 2. The van der Waals surface area contributed by atoms with Crippen molar-refractivity contribution >= 4 is 35.3 Å². The summed E-state index contributed by atoms with van der Waals surface area (Å²) in [6.45, 7) is 6.07. The molecule has 0 saturated carbocycles. The lowest BCUT2D eigenvalue weighted by atomic mass is 9.98. The normalized spacial score (nSPS) is 21.8. The van der Waals surface area contributed by atoms with E-state index in [4.69, 9.17) is 28.4 Å². The van der Waals surface area contributed by atoms with Gasteiger partial charge in [-0.1, -0.05) is 45.9 Å². The van der Waals surface area contributed by atoms with Gasteiger partial charge in [-0.25, -0.2) is 0 Å². The van der Waals surface area contributed by atoms with Crippen LogP contribution in [0, 0.1) is 0 Å². The third kappa shape index (κ3) is 9.37. The summed E-state index contributed by atoms with van der Waals surface area (Å²) in [4.78, 5) is 49.3. The van der Waals surface area contributed by atoms with Gasteiger partial charge in [-0.3, -0.25) is 19.2 Å². The van der Waals surface area contributed by atoms with E-state index in [1.165, 1.54) is 0 Å². The lowest BCUT2D eigenvalue weighted by molar-refractivity contribution is -0.289. The highest BCUT2D eigenvalue weighted by Crippen LogP contribution is 2.32. The molecule has 1 aliphatic heterocycles. The molecule has 0 N–H and O–H groups in total. The molecule has 0 aliphatic carbocycles. The zero-order valence-corrected chi connectivity index (χ0v) is 24.1. The van der Waals surface area contributed by atoms with E-state index < -0.39 is 54.6 Å². The van der Waals surface area contributed by atoms with Crippen LogP contribution in [0.1, 0.15) is 53.4 Å². The van der Waals surface area contributed by atoms with Crippen molar-refractivity contribution in [3.8, 4) is 5.75 Å². The molecule has 12 heteroatoms. The third-order valence-corrected chi connectivity index (χ3v) is 6.08. The van der Waals surface area contributed by atoms with Crippen LogP contribution in [0.2, 0.25) is 0 Å². The molecule has 0 amide bonds. The molecule has 1 saturated heterocycles. The molecule has 2 aromatic carbocycles. The van der Waals surface area contributed by atoms with Gasteiger partial charge in [0, 0.05) is 25.7 Å². The SMILES string of the molecule is CCC(=O)OC[C@H]1O[C@@H](Oc2ccc(N=Nc3ccccc3)cc2)[C@@H](OC(=O)CC)[C@@H](OC(=O)CC)[C@H]1OC(=O)CC. The number of azo groups is 1. The van der Waals surface area contributed by atoms with Gasteiger partial charge in [0.1, 0.15) is 18.5 Å². The lowest BCUT2D eigenvalue weighted by Gasteiger charge is -2.44. The van der Waals surface area contributed by atoms with Gasteiger partial charge in [-0.2, -0.15) is 10.2 Å². The molecular formula is C30H36N2O10.